The minimum absolute atomic E-state index is 0.0124. The molecular weight excluding hydrogens is 192 g/mol. The minimum atomic E-state index is -0.396. The van der Waals surface area contributed by atoms with Crippen LogP contribution in [0.25, 0.3) is 0 Å². The fraction of sp³-hybridized carbons (Fsp3) is 1.00. The molecule has 1 aliphatic heterocycles. The van der Waals surface area contributed by atoms with Gasteiger partial charge in [-0.05, 0) is 11.8 Å². The van der Waals surface area contributed by atoms with Gasteiger partial charge in [0.2, 0.25) is 0 Å². The minimum Gasteiger partial charge on any atom is -0.396 e. The topological polar surface area (TPSA) is 38.7 Å². The molecule has 1 saturated carbocycles. The molecule has 0 amide bonds. The van der Waals surface area contributed by atoms with Gasteiger partial charge in [-0.15, -0.1) is 0 Å². The van der Waals surface area contributed by atoms with E-state index in [1.807, 2.05) is 0 Å². The molecule has 0 radical (unpaired) electrons. The van der Waals surface area contributed by atoms with Gasteiger partial charge in [0.05, 0.1) is 13.2 Å². The number of ether oxygens (including phenoxy) is 2. The standard InChI is InChI=1S/C12H22O3/c1-10(2)8-14-12(15-9-10)5-4-11(3,6-12)7-13/h13H,4-9H2,1-3H3. The average Bonchev–Trinajstić information content (AvgIpc) is 2.52. The molecular formula is C12H22O3. The van der Waals surface area contributed by atoms with E-state index in [0.29, 0.717) is 0 Å². The first-order valence-corrected chi connectivity index (χ1v) is 5.78. The van der Waals surface area contributed by atoms with Crippen molar-refractivity contribution in [2.45, 2.75) is 45.8 Å². The SMILES string of the molecule is CC1(C)COC2(CCC(C)(CO)C2)OC1. The monoisotopic (exact) mass is 214 g/mol. The predicted octanol–water partition coefficient (Wildman–Crippen LogP) is 1.94. The van der Waals surface area contributed by atoms with Crippen LogP contribution in [0.4, 0.5) is 0 Å². The fourth-order valence-corrected chi connectivity index (χ4v) is 2.44. The third kappa shape index (κ3) is 2.19. The smallest absolute Gasteiger partial charge is 0.168 e. The number of rotatable bonds is 1. The fourth-order valence-electron chi connectivity index (χ4n) is 2.44. The van der Waals surface area contributed by atoms with E-state index in [2.05, 4.69) is 20.8 Å². The third-order valence-electron chi connectivity index (χ3n) is 3.64. The summed E-state index contributed by atoms with van der Waals surface area (Å²) >= 11 is 0. The van der Waals surface area contributed by atoms with Crippen LogP contribution in [0.2, 0.25) is 0 Å². The molecule has 2 rings (SSSR count). The largest absolute Gasteiger partial charge is 0.396 e. The Kier molecular flexibility index (Phi) is 2.61. The first-order valence-electron chi connectivity index (χ1n) is 5.78. The van der Waals surface area contributed by atoms with Gasteiger partial charge >= 0.3 is 0 Å². The summed E-state index contributed by atoms with van der Waals surface area (Å²) in [5, 5.41) is 9.33. The summed E-state index contributed by atoms with van der Waals surface area (Å²) in [6.07, 6.45) is 2.73. The van der Waals surface area contributed by atoms with Gasteiger partial charge in [-0.2, -0.15) is 0 Å². The molecule has 2 aliphatic rings. The molecule has 0 aromatic carbocycles. The second kappa shape index (κ2) is 3.44. The Bertz CT molecular complexity index is 239. The first-order chi connectivity index (χ1) is 6.89. The summed E-state index contributed by atoms with van der Waals surface area (Å²) in [5.41, 5.74) is 0.116. The Morgan fingerprint density at radius 3 is 2.13 bits per heavy atom. The van der Waals surface area contributed by atoms with Gasteiger partial charge in [-0.25, -0.2) is 0 Å². The molecule has 15 heavy (non-hydrogen) atoms. The molecule has 3 heteroatoms. The van der Waals surface area contributed by atoms with E-state index in [1.54, 1.807) is 0 Å². The van der Waals surface area contributed by atoms with Crippen molar-refractivity contribution >= 4 is 0 Å². The second-order valence-corrected chi connectivity index (χ2v) is 6.30. The van der Waals surface area contributed by atoms with E-state index in [1.165, 1.54) is 0 Å². The molecule has 0 aromatic heterocycles. The van der Waals surface area contributed by atoms with Crippen LogP contribution >= 0.6 is 0 Å². The number of hydrogen-bond donors (Lipinski definition) is 1. The van der Waals surface area contributed by atoms with Crippen molar-refractivity contribution in [3.8, 4) is 0 Å². The molecule has 1 saturated heterocycles. The molecule has 1 N–H and O–H groups in total. The lowest BCUT2D eigenvalue weighted by molar-refractivity contribution is -0.298. The number of hydrogen-bond acceptors (Lipinski definition) is 3. The number of aliphatic hydroxyl groups excluding tert-OH is 1. The second-order valence-electron chi connectivity index (χ2n) is 6.30. The third-order valence-corrected chi connectivity index (χ3v) is 3.64. The Morgan fingerprint density at radius 2 is 1.67 bits per heavy atom. The molecule has 0 aromatic rings. The van der Waals surface area contributed by atoms with Crippen LogP contribution < -0.4 is 0 Å². The maximum absolute atomic E-state index is 9.33. The van der Waals surface area contributed by atoms with E-state index < -0.39 is 5.79 Å². The molecule has 1 aliphatic carbocycles. The van der Waals surface area contributed by atoms with Crippen LogP contribution in [-0.4, -0.2) is 30.7 Å². The molecule has 1 unspecified atom stereocenters. The number of aliphatic hydroxyl groups is 1. The highest BCUT2D eigenvalue weighted by molar-refractivity contribution is 4.94. The lowest BCUT2D eigenvalue weighted by Gasteiger charge is -2.42. The van der Waals surface area contributed by atoms with Crippen molar-refractivity contribution in [2.24, 2.45) is 10.8 Å². The van der Waals surface area contributed by atoms with Gasteiger partial charge < -0.3 is 14.6 Å². The lowest BCUT2D eigenvalue weighted by atomic mass is 9.89. The Hall–Kier alpha value is -0.120. The van der Waals surface area contributed by atoms with Crippen molar-refractivity contribution in [3.63, 3.8) is 0 Å². The van der Waals surface area contributed by atoms with Crippen molar-refractivity contribution in [1.29, 1.82) is 0 Å². The summed E-state index contributed by atoms with van der Waals surface area (Å²) in [5.74, 6) is -0.396. The first kappa shape index (κ1) is 11.4. The highest BCUT2D eigenvalue weighted by Gasteiger charge is 2.50. The van der Waals surface area contributed by atoms with E-state index >= 15 is 0 Å². The maximum atomic E-state index is 9.33. The van der Waals surface area contributed by atoms with Crippen molar-refractivity contribution in [2.75, 3.05) is 19.8 Å². The van der Waals surface area contributed by atoms with Gasteiger partial charge in [0.1, 0.15) is 0 Å². The summed E-state index contributed by atoms with van der Waals surface area (Å²) in [6, 6.07) is 0. The van der Waals surface area contributed by atoms with Gasteiger partial charge in [-0.1, -0.05) is 20.8 Å². The van der Waals surface area contributed by atoms with Crippen molar-refractivity contribution < 1.29 is 14.6 Å². The van der Waals surface area contributed by atoms with Crippen molar-refractivity contribution in [1.82, 2.24) is 0 Å². The maximum Gasteiger partial charge on any atom is 0.168 e. The summed E-state index contributed by atoms with van der Waals surface area (Å²) in [7, 11) is 0. The highest BCUT2D eigenvalue weighted by Crippen LogP contribution is 2.48. The van der Waals surface area contributed by atoms with E-state index in [4.69, 9.17) is 9.47 Å². The average molecular weight is 214 g/mol. The molecule has 1 atom stereocenters. The molecule has 0 bridgehead atoms. The molecule has 2 fully saturated rings. The van der Waals surface area contributed by atoms with Gasteiger partial charge in [-0.3, -0.25) is 0 Å². The van der Waals surface area contributed by atoms with Gasteiger partial charge in [0.25, 0.3) is 0 Å². The van der Waals surface area contributed by atoms with E-state index in [9.17, 15) is 5.11 Å². The summed E-state index contributed by atoms with van der Waals surface area (Å²) < 4.78 is 11.8. The lowest BCUT2D eigenvalue weighted by Crippen LogP contribution is -2.46. The molecule has 3 nitrogen and oxygen atoms in total. The zero-order valence-corrected chi connectivity index (χ0v) is 10.0. The van der Waals surface area contributed by atoms with Crippen LogP contribution in [0, 0.1) is 10.8 Å². The van der Waals surface area contributed by atoms with E-state index in [0.717, 1.165) is 32.5 Å². The van der Waals surface area contributed by atoms with Crippen LogP contribution in [0.5, 0.6) is 0 Å². The van der Waals surface area contributed by atoms with Crippen LogP contribution in [0.3, 0.4) is 0 Å². The Morgan fingerprint density at radius 1 is 1.07 bits per heavy atom. The van der Waals surface area contributed by atoms with Crippen LogP contribution in [0.1, 0.15) is 40.0 Å². The molecule has 1 spiro atoms. The summed E-state index contributed by atoms with van der Waals surface area (Å²) in [6.45, 7) is 8.15. The van der Waals surface area contributed by atoms with Gasteiger partial charge in [0, 0.05) is 24.9 Å². The predicted molar refractivity (Wildman–Crippen MR) is 57.5 cm³/mol. The van der Waals surface area contributed by atoms with Crippen LogP contribution in [-0.2, 0) is 9.47 Å². The summed E-state index contributed by atoms with van der Waals surface area (Å²) in [4.78, 5) is 0. The van der Waals surface area contributed by atoms with Gasteiger partial charge in [0.15, 0.2) is 5.79 Å². The molecule has 1 heterocycles. The normalized spacial score (nSPS) is 38.4. The van der Waals surface area contributed by atoms with Crippen molar-refractivity contribution in [3.05, 3.63) is 0 Å². The Balaban J connectivity index is 2.01. The quantitative estimate of drug-likeness (QED) is 0.725. The highest BCUT2D eigenvalue weighted by atomic mass is 16.7. The zero-order chi connectivity index (χ0) is 11.2. The Labute approximate surface area is 91.8 Å². The van der Waals surface area contributed by atoms with E-state index in [-0.39, 0.29) is 17.4 Å². The molecule has 88 valence electrons. The van der Waals surface area contributed by atoms with Crippen LogP contribution in [0.15, 0.2) is 0 Å². The zero-order valence-electron chi connectivity index (χ0n) is 10.0.